The van der Waals surface area contributed by atoms with Gasteiger partial charge in [-0.05, 0) is 35.4 Å². The number of nitriles is 1. The third-order valence-electron chi connectivity index (χ3n) is 5.91. The van der Waals surface area contributed by atoms with E-state index in [0.29, 0.717) is 22.6 Å². The first-order chi connectivity index (χ1) is 17.0. The Labute approximate surface area is 201 Å². The standard InChI is InChI=1S/C27H21N5O3/c1-31(23(18-8-4-3-5-9-18)19-14-12-17(16-28)13-15-19)27-30-22(24(33)26(34)32(27)2)25-29-20-10-6-7-11-21(20)35-25/h3-15,23,33H,1-2H3. The molecule has 1 N–H and O–H groups in total. The maximum Gasteiger partial charge on any atom is 0.297 e. The average molecular weight is 463 g/mol. The number of para-hydroxylation sites is 2. The predicted molar refractivity (Wildman–Crippen MR) is 132 cm³/mol. The zero-order valence-electron chi connectivity index (χ0n) is 19.1. The van der Waals surface area contributed by atoms with E-state index in [-0.39, 0.29) is 17.6 Å². The topological polar surface area (TPSA) is 108 Å². The molecular formula is C27H21N5O3. The van der Waals surface area contributed by atoms with Crippen LogP contribution in [0.3, 0.4) is 0 Å². The van der Waals surface area contributed by atoms with Crippen molar-refractivity contribution < 1.29 is 9.52 Å². The van der Waals surface area contributed by atoms with Crippen LogP contribution in [0.1, 0.15) is 22.7 Å². The molecule has 0 fully saturated rings. The van der Waals surface area contributed by atoms with Crippen LogP contribution in [0.5, 0.6) is 5.75 Å². The molecule has 35 heavy (non-hydrogen) atoms. The molecule has 2 aromatic heterocycles. The van der Waals surface area contributed by atoms with Crippen molar-refractivity contribution in [1.29, 1.82) is 5.26 Å². The molecule has 0 aliphatic heterocycles. The largest absolute Gasteiger partial charge is 0.501 e. The van der Waals surface area contributed by atoms with Crippen LogP contribution in [0, 0.1) is 11.3 Å². The number of rotatable bonds is 5. The number of benzene rings is 3. The fourth-order valence-corrected chi connectivity index (χ4v) is 4.15. The second kappa shape index (κ2) is 8.80. The third-order valence-corrected chi connectivity index (χ3v) is 5.91. The van der Waals surface area contributed by atoms with Crippen LogP contribution in [0.25, 0.3) is 22.7 Å². The monoisotopic (exact) mass is 463 g/mol. The number of oxazole rings is 1. The first-order valence-electron chi connectivity index (χ1n) is 10.9. The van der Waals surface area contributed by atoms with E-state index in [1.54, 1.807) is 31.3 Å². The van der Waals surface area contributed by atoms with Gasteiger partial charge in [-0.3, -0.25) is 9.36 Å². The molecule has 172 valence electrons. The van der Waals surface area contributed by atoms with Gasteiger partial charge in [0.2, 0.25) is 11.7 Å². The molecule has 0 aliphatic rings. The van der Waals surface area contributed by atoms with E-state index in [4.69, 9.17) is 4.42 Å². The van der Waals surface area contributed by atoms with Crippen LogP contribution in [0.15, 0.2) is 88.1 Å². The van der Waals surface area contributed by atoms with Crippen molar-refractivity contribution in [3.8, 4) is 23.4 Å². The molecule has 0 saturated heterocycles. The van der Waals surface area contributed by atoms with E-state index >= 15 is 0 Å². The maximum atomic E-state index is 13.0. The Bertz CT molecular complexity index is 1580. The number of aromatic nitrogens is 3. The van der Waals surface area contributed by atoms with Crippen molar-refractivity contribution in [3.05, 3.63) is 106 Å². The van der Waals surface area contributed by atoms with Gasteiger partial charge in [-0.15, -0.1) is 0 Å². The quantitative estimate of drug-likeness (QED) is 0.412. The van der Waals surface area contributed by atoms with E-state index < -0.39 is 11.3 Å². The second-order valence-corrected chi connectivity index (χ2v) is 8.12. The summed E-state index contributed by atoms with van der Waals surface area (Å²) in [6.45, 7) is 0. The van der Waals surface area contributed by atoms with Crippen LogP contribution in [-0.2, 0) is 7.05 Å². The molecule has 0 saturated carbocycles. The van der Waals surface area contributed by atoms with Gasteiger partial charge >= 0.3 is 0 Å². The molecule has 0 spiro atoms. The molecule has 5 rings (SSSR count). The van der Waals surface area contributed by atoms with Crippen LogP contribution in [-0.4, -0.2) is 26.7 Å². The fourth-order valence-electron chi connectivity index (χ4n) is 4.15. The van der Waals surface area contributed by atoms with Gasteiger partial charge in [-0.2, -0.15) is 5.26 Å². The molecule has 5 aromatic rings. The number of nitrogens with zero attached hydrogens (tertiary/aromatic N) is 5. The number of fused-ring (bicyclic) bond motifs is 1. The molecule has 1 unspecified atom stereocenters. The molecule has 8 heteroatoms. The first kappa shape index (κ1) is 21.9. The summed E-state index contributed by atoms with van der Waals surface area (Å²) >= 11 is 0. The summed E-state index contributed by atoms with van der Waals surface area (Å²) in [6, 6.07) is 26.0. The van der Waals surface area contributed by atoms with Gasteiger partial charge in [0.1, 0.15) is 5.52 Å². The molecule has 0 aliphatic carbocycles. The van der Waals surface area contributed by atoms with Gasteiger partial charge in [-0.25, -0.2) is 9.97 Å². The lowest BCUT2D eigenvalue weighted by atomic mass is 9.97. The van der Waals surface area contributed by atoms with Crippen molar-refractivity contribution in [3.63, 3.8) is 0 Å². The predicted octanol–water partition coefficient (Wildman–Crippen LogP) is 4.39. The SMILES string of the molecule is CN(c1nc(-c2nc3ccccc3o2)c(O)c(=O)n1C)C(c1ccccc1)c1ccc(C#N)cc1. The Hall–Kier alpha value is -4.90. The van der Waals surface area contributed by atoms with Crippen LogP contribution >= 0.6 is 0 Å². The van der Waals surface area contributed by atoms with E-state index in [9.17, 15) is 15.2 Å². The Morgan fingerprint density at radius 1 is 0.971 bits per heavy atom. The number of aromatic hydroxyl groups is 1. The molecule has 1 atom stereocenters. The summed E-state index contributed by atoms with van der Waals surface area (Å²) in [7, 11) is 3.38. The summed E-state index contributed by atoms with van der Waals surface area (Å²) in [6.07, 6.45) is 0. The molecule has 0 amide bonds. The molecule has 8 nitrogen and oxygen atoms in total. The number of hydrogen-bond acceptors (Lipinski definition) is 7. The van der Waals surface area contributed by atoms with E-state index in [0.717, 1.165) is 11.1 Å². The lowest BCUT2D eigenvalue weighted by Gasteiger charge is -2.31. The van der Waals surface area contributed by atoms with Crippen LogP contribution in [0.2, 0.25) is 0 Å². The number of anilines is 1. The van der Waals surface area contributed by atoms with E-state index in [1.807, 2.05) is 66.5 Å². The minimum Gasteiger partial charge on any atom is -0.501 e. The molecule has 3 aromatic carbocycles. The lowest BCUT2D eigenvalue weighted by Crippen LogP contribution is -2.32. The Morgan fingerprint density at radius 3 is 2.31 bits per heavy atom. The maximum absolute atomic E-state index is 13.0. The normalized spacial score (nSPS) is 11.8. The third kappa shape index (κ3) is 3.89. The molecule has 0 radical (unpaired) electrons. The van der Waals surface area contributed by atoms with Crippen molar-refractivity contribution in [2.24, 2.45) is 7.05 Å². The van der Waals surface area contributed by atoms with Gasteiger partial charge in [0.15, 0.2) is 11.3 Å². The fraction of sp³-hybridized carbons (Fsp3) is 0.111. The van der Waals surface area contributed by atoms with Crippen LogP contribution in [0.4, 0.5) is 5.95 Å². The molecule has 0 bridgehead atoms. The van der Waals surface area contributed by atoms with Gasteiger partial charge in [-0.1, -0.05) is 54.6 Å². The summed E-state index contributed by atoms with van der Waals surface area (Å²) in [5.41, 5.74) is 2.90. The summed E-state index contributed by atoms with van der Waals surface area (Å²) in [5.74, 6) is -0.167. The molecular weight excluding hydrogens is 442 g/mol. The molecule has 2 heterocycles. The highest BCUT2D eigenvalue weighted by atomic mass is 16.4. The Morgan fingerprint density at radius 2 is 1.63 bits per heavy atom. The van der Waals surface area contributed by atoms with E-state index in [2.05, 4.69) is 16.0 Å². The Balaban J connectivity index is 1.67. The van der Waals surface area contributed by atoms with Crippen molar-refractivity contribution >= 4 is 17.0 Å². The highest BCUT2D eigenvalue weighted by Crippen LogP contribution is 2.33. The van der Waals surface area contributed by atoms with Crippen molar-refractivity contribution in [2.75, 3.05) is 11.9 Å². The van der Waals surface area contributed by atoms with Crippen molar-refractivity contribution in [2.45, 2.75) is 6.04 Å². The Kier molecular flexibility index (Phi) is 5.51. The minimum atomic E-state index is -0.620. The smallest absolute Gasteiger partial charge is 0.297 e. The zero-order valence-corrected chi connectivity index (χ0v) is 19.1. The lowest BCUT2D eigenvalue weighted by molar-refractivity contribution is 0.455. The average Bonchev–Trinajstić information content (AvgIpc) is 3.32. The summed E-state index contributed by atoms with van der Waals surface area (Å²) < 4.78 is 7.08. The first-order valence-corrected chi connectivity index (χ1v) is 10.9. The highest BCUT2D eigenvalue weighted by Gasteiger charge is 2.27. The van der Waals surface area contributed by atoms with Crippen molar-refractivity contribution in [1.82, 2.24) is 14.5 Å². The zero-order chi connectivity index (χ0) is 24.5. The summed E-state index contributed by atoms with van der Waals surface area (Å²) in [4.78, 5) is 23.9. The minimum absolute atomic E-state index is 0.0298. The van der Waals surface area contributed by atoms with Crippen LogP contribution < -0.4 is 10.5 Å². The van der Waals surface area contributed by atoms with Gasteiger partial charge in [0.25, 0.3) is 11.4 Å². The van der Waals surface area contributed by atoms with Gasteiger partial charge in [0, 0.05) is 14.1 Å². The van der Waals surface area contributed by atoms with Gasteiger partial charge in [0.05, 0.1) is 17.7 Å². The second-order valence-electron chi connectivity index (χ2n) is 8.12. The number of hydrogen-bond donors (Lipinski definition) is 1. The highest BCUT2D eigenvalue weighted by molar-refractivity contribution is 5.76. The summed E-state index contributed by atoms with van der Waals surface area (Å²) in [5, 5.41) is 19.9. The van der Waals surface area contributed by atoms with Gasteiger partial charge < -0.3 is 14.4 Å². The van der Waals surface area contributed by atoms with E-state index in [1.165, 1.54) is 4.57 Å².